The highest BCUT2D eigenvalue weighted by Crippen LogP contribution is 2.41. The number of rotatable bonds is 4. The molecule has 0 radical (unpaired) electrons. The Morgan fingerprint density at radius 2 is 1.81 bits per heavy atom. The Balaban J connectivity index is 1.44. The van der Waals surface area contributed by atoms with E-state index in [4.69, 9.17) is 4.99 Å². The molecule has 2 N–H and O–H groups in total. The number of amides is 1. The number of phenols is 1. The van der Waals surface area contributed by atoms with Crippen molar-refractivity contribution < 1.29 is 9.90 Å². The molecule has 0 bridgehead atoms. The second-order valence-electron chi connectivity index (χ2n) is 7.42. The third-order valence-electron chi connectivity index (χ3n) is 5.40. The van der Waals surface area contributed by atoms with Crippen LogP contribution in [0.5, 0.6) is 5.75 Å². The van der Waals surface area contributed by atoms with Crippen molar-refractivity contribution in [2.45, 2.75) is 25.3 Å². The summed E-state index contributed by atoms with van der Waals surface area (Å²) in [5.74, 6) is 1.68. The number of hydrogen-bond acceptors (Lipinski definition) is 4. The number of hydrogen-bond donors (Lipinski definition) is 2. The van der Waals surface area contributed by atoms with Crippen molar-refractivity contribution in [3.05, 3.63) is 77.2 Å². The average molecular weight is 359 g/mol. The molecule has 1 aliphatic carbocycles. The third-order valence-corrected chi connectivity index (χ3v) is 5.40. The highest BCUT2D eigenvalue weighted by atomic mass is 16.3. The molecule has 1 saturated carbocycles. The van der Waals surface area contributed by atoms with Crippen molar-refractivity contribution in [2.75, 3.05) is 6.54 Å². The minimum absolute atomic E-state index is 0.0968. The lowest BCUT2D eigenvalue weighted by molar-refractivity contribution is -0.127. The Kier molecular flexibility index (Phi) is 3.74. The fourth-order valence-electron chi connectivity index (χ4n) is 3.79. The lowest BCUT2D eigenvalue weighted by Crippen LogP contribution is -2.36. The smallest absolute Gasteiger partial charge is 0.251 e. The molecule has 136 valence electrons. The van der Waals surface area contributed by atoms with E-state index in [1.807, 2.05) is 35.2 Å². The molecule has 1 unspecified atom stereocenters. The van der Waals surface area contributed by atoms with Gasteiger partial charge in [-0.15, -0.1) is 0 Å². The van der Waals surface area contributed by atoms with Gasteiger partial charge in [0.05, 0.1) is 18.0 Å². The summed E-state index contributed by atoms with van der Waals surface area (Å²) in [6.45, 7) is 0.507. The van der Waals surface area contributed by atoms with Gasteiger partial charge in [-0.3, -0.25) is 14.7 Å². The molecule has 1 saturated heterocycles. The van der Waals surface area contributed by atoms with E-state index in [1.165, 1.54) is 0 Å². The second-order valence-corrected chi connectivity index (χ2v) is 7.42. The summed E-state index contributed by atoms with van der Waals surface area (Å²) in [5.41, 5.74) is 4.09. The van der Waals surface area contributed by atoms with Gasteiger partial charge in [-0.05, 0) is 36.1 Å². The van der Waals surface area contributed by atoms with Crippen LogP contribution in [0.1, 0.15) is 24.0 Å². The van der Waals surface area contributed by atoms with E-state index in [9.17, 15) is 9.90 Å². The normalized spacial score (nSPS) is 21.8. The third kappa shape index (κ3) is 2.99. The van der Waals surface area contributed by atoms with Crippen LogP contribution >= 0.6 is 0 Å². The fraction of sp³-hybridized carbons (Fsp3) is 0.273. The predicted molar refractivity (Wildman–Crippen MR) is 103 cm³/mol. The van der Waals surface area contributed by atoms with E-state index in [1.54, 1.807) is 12.1 Å². The monoisotopic (exact) mass is 359 g/mol. The molecular formula is C22H21N3O2. The van der Waals surface area contributed by atoms with E-state index in [0.717, 1.165) is 41.2 Å². The van der Waals surface area contributed by atoms with Crippen LogP contribution in [-0.2, 0) is 11.2 Å². The van der Waals surface area contributed by atoms with E-state index >= 15 is 0 Å². The number of aromatic hydroxyl groups is 1. The lowest BCUT2D eigenvalue weighted by atomic mass is 10.1. The maximum absolute atomic E-state index is 13.1. The van der Waals surface area contributed by atoms with Gasteiger partial charge in [0.2, 0.25) is 0 Å². The highest BCUT2D eigenvalue weighted by Gasteiger charge is 2.43. The molecule has 5 rings (SSSR count). The van der Waals surface area contributed by atoms with Crippen molar-refractivity contribution >= 4 is 11.6 Å². The molecule has 5 heteroatoms. The van der Waals surface area contributed by atoms with Crippen LogP contribution in [0.15, 0.2) is 71.1 Å². The summed E-state index contributed by atoms with van der Waals surface area (Å²) in [6, 6.07) is 16.9. The van der Waals surface area contributed by atoms with Crippen LogP contribution in [0.4, 0.5) is 0 Å². The van der Waals surface area contributed by atoms with Gasteiger partial charge in [0, 0.05) is 12.3 Å². The van der Waals surface area contributed by atoms with E-state index in [2.05, 4.69) is 17.4 Å². The molecule has 2 fully saturated rings. The standard InChI is InChI=1S/C22H21N3O2/c26-17-10-6-14(7-11-17)12-18-22(27)25-13-19(15-4-2-1-3-5-15)23-20(16-8-9-16)21(25)24-18/h1-7,10-11,16,18,24,26H,8-9,12-13H2. The van der Waals surface area contributed by atoms with Crippen LogP contribution in [0.3, 0.4) is 0 Å². The lowest BCUT2D eigenvalue weighted by Gasteiger charge is -2.25. The quantitative estimate of drug-likeness (QED) is 0.882. The van der Waals surface area contributed by atoms with Gasteiger partial charge >= 0.3 is 0 Å². The first-order chi connectivity index (χ1) is 13.2. The molecule has 27 heavy (non-hydrogen) atoms. The molecule has 5 nitrogen and oxygen atoms in total. The zero-order valence-electron chi connectivity index (χ0n) is 14.9. The maximum atomic E-state index is 13.1. The number of phenolic OH excluding ortho intramolecular Hbond substituents is 1. The number of allylic oxidation sites excluding steroid dienone is 1. The zero-order valence-corrected chi connectivity index (χ0v) is 14.9. The van der Waals surface area contributed by atoms with Crippen molar-refractivity contribution in [3.63, 3.8) is 0 Å². The number of fused-ring (bicyclic) bond motifs is 1. The molecule has 3 aliphatic rings. The summed E-state index contributed by atoms with van der Waals surface area (Å²) in [5, 5.41) is 12.9. The zero-order chi connectivity index (χ0) is 18.4. The molecular weight excluding hydrogens is 338 g/mol. The maximum Gasteiger partial charge on any atom is 0.251 e. The number of nitrogens with zero attached hydrogens (tertiary/aromatic N) is 2. The van der Waals surface area contributed by atoms with Crippen LogP contribution < -0.4 is 5.32 Å². The Morgan fingerprint density at radius 1 is 1.07 bits per heavy atom. The molecule has 1 amide bonds. The second kappa shape index (κ2) is 6.27. The summed E-state index contributed by atoms with van der Waals surface area (Å²) >= 11 is 0. The number of aliphatic imine (C=N–C) groups is 1. The first-order valence-electron chi connectivity index (χ1n) is 9.42. The summed E-state index contributed by atoms with van der Waals surface area (Å²) in [4.78, 5) is 19.9. The molecule has 1 atom stereocenters. The largest absolute Gasteiger partial charge is 0.508 e. The SMILES string of the molecule is O=C1C(Cc2ccc(O)cc2)NC2=C(C3CC3)N=C(c3ccccc3)CN12. The highest BCUT2D eigenvalue weighted by molar-refractivity contribution is 6.06. The van der Waals surface area contributed by atoms with Gasteiger partial charge in [0.1, 0.15) is 17.6 Å². The van der Waals surface area contributed by atoms with Gasteiger partial charge < -0.3 is 10.4 Å². The Morgan fingerprint density at radius 3 is 2.52 bits per heavy atom. The van der Waals surface area contributed by atoms with Crippen molar-refractivity contribution in [3.8, 4) is 5.75 Å². The molecule has 0 spiro atoms. The van der Waals surface area contributed by atoms with E-state index < -0.39 is 0 Å². The fourth-order valence-corrected chi connectivity index (χ4v) is 3.79. The van der Waals surface area contributed by atoms with Crippen molar-refractivity contribution in [2.24, 2.45) is 10.9 Å². The Labute approximate surface area is 158 Å². The number of carbonyl (C=O) groups is 1. The first-order valence-corrected chi connectivity index (χ1v) is 9.42. The molecule has 2 aliphatic heterocycles. The summed E-state index contributed by atoms with van der Waals surface area (Å²) < 4.78 is 0. The Bertz CT molecular complexity index is 943. The summed E-state index contributed by atoms with van der Waals surface area (Å²) in [6.07, 6.45) is 2.87. The summed E-state index contributed by atoms with van der Waals surface area (Å²) in [7, 11) is 0. The molecule has 2 aromatic carbocycles. The van der Waals surface area contributed by atoms with Gasteiger partial charge in [-0.1, -0.05) is 42.5 Å². The number of benzene rings is 2. The molecule has 0 aromatic heterocycles. The minimum Gasteiger partial charge on any atom is -0.508 e. The Hall–Kier alpha value is -3.08. The van der Waals surface area contributed by atoms with Crippen molar-refractivity contribution in [1.29, 1.82) is 0 Å². The topological polar surface area (TPSA) is 64.9 Å². The first kappa shape index (κ1) is 16.1. The van der Waals surface area contributed by atoms with E-state index in [0.29, 0.717) is 18.9 Å². The van der Waals surface area contributed by atoms with Crippen LogP contribution in [0.2, 0.25) is 0 Å². The van der Waals surface area contributed by atoms with Crippen LogP contribution in [0, 0.1) is 5.92 Å². The van der Waals surface area contributed by atoms with E-state index in [-0.39, 0.29) is 17.7 Å². The van der Waals surface area contributed by atoms with Gasteiger partial charge in [-0.2, -0.15) is 0 Å². The minimum atomic E-state index is -0.288. The predicted octanol–water partition coefficient (Wildman–Crippen LogP) is 2.82. The number of nitrogens with one attached hydrogen (secondary N) is 1. The molecule has 2 aromatic rings. The molecule has 2 heterocycles. The van der Waals surface area contributed by atoms with Crippen molar-refractivity contribution in [1.82, 2.24) is 10.2 Å². The average Bonchev–Trinajstić information content (AvgIpc) is 3.50. The van der Waals surface area contributed by atoms with Gasteiger partial charge in [-0.25, -0.2) is 0 Å². The van der Waals surface area contributed by atoms with Crippen LogP contribution in [-0.4, -0.2) is 34.2 Å². The van der Waals surface area contributed by atoms with Crippen LogP contribution in [0.25, 0.3) is 0 Å². The van der Waals surface area contributed by atoms with Gasteiger partial charge in [0.25, 0.3) is 5.91 Å². The van der Waals surface area contributed by atoms with Gasteiger partial charge in [0.15, 0.2) is 0 Å². The number of carbonyl (C=O) groups excluding carboxylic acids is 1.